The van der Waals surface area contributed by atoms with Crippen LogP contribution in [0.5, 0.6) is 0 Å². The Morgan fingerprint density at radius 3 is 2.83 bits per heavy atom. The molecule has 0 unspecified atom stereocenters. The maximum absolute atomic E-state index is 13.5. The second kappa shape index (κ2) is 6.39. The smallest absolute Gasteiger partial charge is 0.346 e. The van der Waals surface area contributed by atoms with Gasteiger partial charge in [0.05, 0.1) is 17.1 Å². The van der Waals surface area contributed by atoms with E-state index in [1.54, 1.807) is 19.9 Å². The number of aromatic nitrogens is 3. The first-order valence-corrected chi connectivity index (χ1v) is 8.15. The molecule has 1 saturated carbocycles. The maximum Gasteiger partial charge on any atom is 0.346 e. The molecule has 1 N–H and O–H groups in total. The first kappa shape index (κ1) is 16.7. The van der Waals surface area contributed by atoms with E-state index in [9.17, 15) is 14.0 Å². The normalized spacial score (nSPS) is 15.3. The van der Waals surface area contributed by atoms with E-state index in [4.69, 9.17) is 11.6 Å². The van der Waals surface area contributed by atoms with Crippen molar-refractivity contribution in [1.82, 2.24) is 19.7 Å². The summed E-state index contributed by atoms with van der Waals surface area (Å²) in [4.78, 5) is 24.5. The molecule has 0 aliphatic heterocycles. The molecule has 6 nitrogen and oxygen atoms in total. The minimum atomic E-state index is -0.534. The summed E-state index contributed by atoms with van der Waals surface area (Å²) in [5.41, 5.74) is 0.332. The van der Waals surface area contributed by atoms with Crippen molar-refractivity contribution >= 4 is 17.5 Å². The minimum Gasteiger partial charge on any atom is -0.348 e. The van der Waals surface area contributed by atoms with Crippen LogP contribution in [0.25, 0.3) is 0 Å². The Hall–Kier alpha value is -2.15. The summed E-state index contributed by atoms with van der Waals surface area (Å²) in [6.07, 6.45) is 1.89. The Kier molecular flexibility index (Phi) is 4.45. The molecule has 0 radical (unpaired) electrons. The monoisotopic (exact) mass is 352 g/mol. The lowest BCUT2D eigenvalue weighted by Gasteiger charge is -2.15. The number of amides is 1. The van der Waals surface area contributed by atoms with Gasteiger partial charge in [0.2, 0.25) is 5.91 Å². The van der Waals surface area contributed by atoms with Gasteiger partial charge in [0.15, 0.2) is 0 Å². The Bertz CT molecular complexity index is 841. The van der Waals surface area contributed by atoms with Crippen molar-refractivity contribution in [3.05, 3.63) is 50.9 Å². The molecule has 1 aromatic heterocycles. The van der Waals surface area contributed by atoms with Crippen LogP contribution in [0.4, 0.5) is 4.39 Å². The van der Waals surface area contributed by atoms with Gasteiger partial charge in [-0.15, -0.1) is 0 Å². The number of nitrogens with one attached hydrogen (secondary N) is 1. The van der Waals surface area contributed by atoms with E-state index < -0.39 is 11.9 Å². The average molecular weight is 353 g/mol. The van der Waals surface area contributed by atoms with Crippen molar-refractivity contribution in [2.45, 2.75) is 45.3 Å². The molecule has 0 saturated heterocycles. The molecule has 1 fully saturated rings. The molecular weight excluding hydrogens is 335 g/mol. The predicted molar refractivity (Wildman–Crippen MR) is 87.5 cm³/mol. The zero-order valence-corrected chi connectivity index (χ0v) is 14.2. The first-order valence-electron chi connectivity index (χ1n) is 7.77. The summed E-state index contributed by atoms with van der Waals surface area (Å²) in [7, 11) is 0. The molecule has 3 rings (SSSR count). The maximum atomic E-state index is 13.5. The van der Waals surface area contributed by atoms with Gasteiger partial charge >= 0.3 is 5.69 Å². The number of rotatable bonds is 5. The van der Waals surface area contributed by atoms with Crippen molar-refractivity contribution in [2.24, 2.45) is 0 Å². The lowest BCUT2D eigenvalue weighted by Crippen LogP contribution is -2.34. The first-order chi connectivity index (χ1) is 11.4. The second-order valence-electron chi connectivity index (χ2n) is 6.05. The van der Waals surface area contributed by atoms with Crippen LogP contribution in [0, 0.1) is 12.7 Å². The van der Waals surface area contributed by atoms with Gasteiger partial charge in [0.25, 0.3) is 0 Å². The van der Waals surface area contributed by atoms with Crippen LogP contribution in [0.1, 0.15) is 43.2 Å². The summed E-state index contributed by atoms with van der Waals surface area (Å²) in [6, 6.07) is 4.15. The standard InChI is InChI=1S/C16H18ClFN4O2/c1-9(11-3-6-13(17)14(18)7-11)19-15(23)8-21-10(2)20-22(16(21)24)12-4-5-12/h3,6-7,9,12H,4-5,8H2,1-2H3,(H,19,23)/t9-/m0/s1. The number of aryl methyl sites for hydroxylation is 1. The molecule has 0 spiro atoms. The van der Waals surface area contributed by atoms with Crippen LogP contribution in [-0.4, -0.2) is 20.3 Å². The van der Waals surface area contributed by atoms with Crippen LogP contribution in [-0.2, 0) is 11.3 Å². The van der Waals surface area contributed by atoms with Gasteiger partial charge in [0, 0.05) is 0 Å². The quantitative estimate of drug-likeness (QED) is 0.898. The van der Waals surface area contributed by atoms with Gasteiger partial charge in [-0.3, -0.25) is 9.36 Å². The summed E-state index contributed by atoms with van der Waals surface area (Å²) in [6.45, 7) is 3.33. The van der Waals surface area contributed by atoms with Crippen LogP contribution in [0.3, 0.4) is 0 Å². The fraction of sp³-hybridized carbons (Fsp3) is 0.438. The highest BCUT2D eigenvalue weighted by Crippen LogP contribution is 2.32. The van der Waals surface area contributed by atoms with Crippen molar-refractivity contribution in [2.75, 3.05) is 0 Å². The lowest BCUT2D eigenvalue weighted by atomic mass is 10.1. The van der Waals surface area contributed by atoms with Crippen molar-refractivity contribution in [3.63, 3.8) is 0 Å². The Balaban J connectivity index is 1.69. The Labute approximate surface area is 143 Å². The second-order valence-corrected chi connectivity index (χ2v) is 6.46. The number of hydrogen-bond donors (Lipinski definition) is 1. The minimum absolute atomic E-state index is 0.0342. The molecule has 128 valence electrons. The number of benzene rings is 1. The summed E-state index contributed by atoms with van der Waals surface area (Å²) in [5, 5.41) is 7.00. The van der Waals surface area contributed by atoms with E-state index in [1.165, 1.54) is 21.4 Å². The zero-order chi connectivity index (χ0) is 17.4. The summed E-state index contributed by atoms with van der Waals surface area (Å²) in [5.74, 6) is -0.362. The van der Waals surface area contributed by atoms with Gasteiger partial charge in [0.1, 0.15) is 18.2 Å². The highest BCUT2D eigenvalue weighted by Gasteiger charge is 2.28. The van der Waals surface area contributed by atoms with E-state index in [2.05, 4.69) is 10.4 Å². The van der Waals surface area contributed by atoms with Gasteiger partial charge in [-0.25, -0.2) is 13.9 Å². The van der Waals surface area contributed by atoms with Crippen LogP contribution in [0.2, 0.25) is 5.02 Å². The van der Waals surface area contributed by atoms with Crippen LogP contribution in [0.15, 0.2) is 23.0 Å². The van der Waals surface area contributed by atoms with Gasteiger partial charge in [-0.2, -0.15) is 5.10 Å². The van der Waals surface area contributed by atoms with E-state index in [0.29, 0.717) is 11.4 Å². The molecule has 24 heavy (non-hydrogen) atoms. The van der Waals surface area contributed by atoms with E-state index in [-0.39, 0.29) is 29.2 Å². The lowest BCUT2D eigenvalue weighted by molar-refractivity contribution is -0.122. The molecule has 8 heteroatoms. The highest BCUT2D eigenvalue weighted by atomic mass is 35.5. The third-order valence-corrected chi connectivity index (χ3v) is 4.39. The van der Waals surface area contributed by atoms with Crippen LogP contribution >= 0.6 is 11.6 Å². The van der Waals surface area contributed by atoms with E-state index in [1.807, 2.05) is 0 Å². The molecule has 0 bridgehead atoms. The third-order valence-electron chi connectivity index (χ3n) is 4.09. The fourth-order valence-electron chi connectivity index (χ4n) is 2.55. The topological polar surface area (TPSA) is 68.9 Å². The zero-order valence-electron chi connectivity index (χ0n) is 13.4. The number of carbonyl (C=O) groups excluding carboxylic acids is 1. The summed E-state index contributed by atoms with van der Waals surface area (Å²) >= 11 is 5.66. The van der Waals surface area contributed by atoms with E-state index >= 15 is 0 Å². The molecule has 1 heterocycles. The van der Waals surface area contributed by atoms with Gasteiger partial charge in [-0.1, -0.05) is 17.7 Å². The number of halogens is 2. The predicted octanol–water partition coefficient (Wildman–Crippen LogP) is 2.36. The van der Waals surface area contributed by atoms with Crippen molar-refractivity contribution in [1.29, 1.82) is 0 Å². The Morgan fingerprint density at radius 1 is 1.50 bits per heavy atom. The molecular formula is C16H18ClFN4O2. The number of hydrogen-bond acceptors (Lipinski definition) is 3. The average Bonchev–Trinajstić information content (AvgIpc) is 3.32. The van der Waals surface area contributed by atoms with Gasteiger partial charge in [-0.05, 0) is 44.4 Å². The largest absolute Gasteiger partial charge is 0.348 e. The van der Waals surface area contributed by atoms with Gasteiger partial charge < -0.3 is 5.32 Å². The molecule has 1 atom stereocenters. The fourth-order valence-corrected chi connectivity index (χ4v) is 2.67. The number of nitrogens with zero attached hydrogens (tertiary/aromatic N) is 3. The van der Waals surface area contributed by atoms with Crippen molar-refractivity contribution in [3.8, 4) is 0 Å². The SMILES string of the molecule is Cc1nn(C2CC2)c(=O)n1CC(=O)N[C@@H](C)c1ccc(Cl)c(F)c1. The van der Waals surface area contributed by atoms with Crippen LogP contribution < -0.4 is 11.0 Å². The molecule has 1 aromatic carbocycles. The number of carbonyl (C=O) groups is 1. The van der Waals surface area contributed by atoms with E-state index in [0.717, 1.165) is 12.8 Å². The highest BCUT2D eigenvalue weighted by molar-refractivity contribution is 6.30. The Morgan fingerprint density at radius 2 is 2.21 bits per heavy atom. The van der Waals surface area contributed by atoms with Crippen molar-refractivity contribution < 1.29 is 9.18 Å². The molecule has 1 aliphatic carbocycles. The molecule has 1 aliphatic rings. The molecule has 1 amide bonds. The summed E-state index contributed by atoms with van der Waals surface area (Å²) < 4.78 is 16.3. The third kappa shape index (κ3) is 3.36. The molecule has 2 aromatic rings.